The third-order valence-corrected chi connectivity index (χ3v) is 6.57. The number of nitro benzene ring substituents is 1. The highest BCUT2D eigenvalue weighted by Gasteiger charge is 2.26. The molecule has 2 aromatic carbocycles. The second-order valence-electron chi connectivity index (χ2n) is 7.58. The van der Waals surface area contributed by atoms with Gasteiger partial charge >= 0.3 is 0 Å². The van der Waals surface area contributed by atoms with Gasteiger partial charge < -0.3 is 9.64 Å². The van der Waals surface area contributed by atoms with E-state index in [1.165, 1.54) is 18.2 Å². The predicted molar refractivity (Wildman–Crippen MR) is 112 cm³/mol. The lowest BCUT2D eigenvalue weighted by molar-refractivity contribution is -0.385. The van der Waals surface area contributed by atoms with Crippen LogP contribution in [0.5, 0.6) is 0 Å². The Morgan fingerprint density at radius 3 is 2.37 bits per heavy atom. The Bertz CT molecular complexity index is 1080. The summed E-state index contributed by atoms with van der Waals surface area (Å²) in [5.74, 6) is -0.566. The molecule has 30 heavy (non-hydrogen) atoms. The first-order chi connectivity index (χ1) is 14.0. The SMILES string of the molecule is Cc1cc([N+](=O)[O-])cc(S(=O)(=O)Nc2ccc(N3CC(C)OC(C)C3)c(F)c2)c1C. The molecule has 0 aromatic heterocycles. The second-order valence-corrected chi connectivity index (χ2v) is 9.23. The molecule has 2 aromatic rings. The molecule has 3 rings (SSSR count). The van der Waals surface area contributed by atoms with E-state index in [0.29, 0.717) is 29.9 Å². The molecule has 1 aliphatic heterocycles. The van der Waals surface area contributed by atoms with Gasteiger partial charge in [0.2, 0.25) is 0 Å². The van der Waals surface area contributed by atoms with E-state index in [4.69, 9.17) is 4.74 Å². The first-order valence-corrected chi connectivity index (χ1v) is 10.9. The molecule has 1 heterocycles. The van der Waals surface area contributed by atoms with Crippen LogP contribution in [-0.4, -0.2) is 38.6 Å². The van der Waals surface area contributed by atoms with Crippen LogP contribution in [0, 0.1) is 29.8 Å². The van der Waals surface area contributed by atoms with E-state index >= 15 is 0 Å². The lowest BCUT2D eigenvalue weighted by Crippen LogP contribution is -2.45. The maximum absolute atomic E-state index is 14.8. The van der Waals surface area contributed by atoms with Crippen molar-refractivity contribution in [1.29, 1.82) is 0 Å². The molecule has 0 bridgehead atoms. The van der Waals surface area contributed by atoms with E-state index in [-0.39, 0.29) is 28.5 Å². The van der Waals surface area contributed by atoms with E-state index < -0.39 is 20.8 Å². The van der Waals surface area contributed by atoms with E-state index in [1.54, 1.807) is 13.8 Å². The number of anilines is 2. The van der Waals surface area contributed by atoms with Crippen molar-refractivity contribution in [2.24, 2.45) is 0 Å². The Morgan fingerprint density at radius 1 is 1.17 bits per heavy atom. The van der Waals surface area contributed by atoms with E-state index in [2.05, 4.69) is 4.72 Å². The van der Waals surface area contributed by atoms with Gasteiger partial charge in [-0.3, -0.25) is 14.8 Å². The minimum Gasteiger partial charge on any atom is -0.372 e. The summed E-state index contributed by atoms with van der Waals surface area (Å²) in [5.41, 5.74) is 0.940. The maximum atomic E-state index is 14.8. The second kappa shape index (κ2) is 8.19. The molecule has 162 valence electrons. The molecule has 0 radical (unpaired) electrons. The van der Waals surface area contributed by atoms with Gasteiger partial charge in [-0.05, 0) is 51.0 Å². The van der Waals surface area contributed by atoms with Gasteiger partial charge in [0.25, 0.3) is 15.7 Å². The quantitative estimate of drug-likeness (QED) is 0.564. The van der Waals surface area contributed by atoms with Crippen LogP contribution in [0.1, 0.15) is 25.0 Å². The van der Waals surface area contributed by atoms with Crippen molar-refractivity contribution in [3.8, 4) is 0 Å². The Hall–Kier alpha value is -2.72. The van der Waals surface area contributed by atoms with Gasteiger partial charge in [-0.15, -0.1) is 0 Å². The highest BCUT2D eigenvalue weighted by Crippen LogP contribution is 2.29. The summed E-state index contributed by atoms with van der Waals surface area (Å²) in [6.45, 7) is 8.04. The predicted octanol–water partition coefficient (Wildman–Crippen LogP) is 3.77. The number of morpholine rings is 1. The first kappa shape index (κ1) is 22.0. The Kier molecular flexibility index (Phi) is 6.00. The average Bonchev–Trinajstić information content (AvgIpc) is 2.62. The molecule has 0 aliphatic carbocycles. The van der Waals surface area contributed by atoms with Gasteiger partial charge in [-0.1, -0.05) is 0 Å². The van der Waals surface area contributed by atoms with Crippen LogP contribution >= 0.6 is 0 Å². The number of nitrogens with one attached hydrogen (secondary N) is 1. The monoisotopic (exact) mass is 437 g/mol. The molecule has 0 spiro atoms. The fraction of sp³-hybridized carbons (Fsp3) is 0.400. The molecule has 0 saturated carbocycles. The summed E-state index contributed by atoms with van der Waals surface area (Å²) in [6, 6.07) is 6.42. The molecule has 10 heteroatoms. The largest absolute Gasteiger partial charge is 0.372 e. The van der Waals surface area contributed by atoms with Crippen LogP contribution in [0.15, 0.2) is 35.2 Å². The number of ether oxygens (including phenoxy) is 1. The van der Waals surface area contributed by atoms with Gasteiger partial charge in [0.1, 0.15) is 5.82 Å². The fourth-order valence-electron chi connectivity index (χ4n) is 3.60. The lowest BCUT2D eigenvalue weighted by atomic mass is 10.1. The van der Waals surface area contributed by atoms with Crippen molar-refractivity contribution in [3.63, 3.8) is 0 Å². The molecular formula is C20H24FN3O5S. The number of hydrogen-bond donors (Lipinski definition) is 1. The molecular weight excluding hydrogens is 413 g/mol. The number of rotatable bonds is 5. The van der Waals surface area contributed by atoms with E-state index in [9.17, 15) is 22.9 Å². The lowest BCUT2D eigenvalue weighted by Gasteiger charge is -2.37. The van der Waals surface area contributed by atoms with Crippen LogP contribution < -0.4 is 9.62 Å². The van der Waals surface area contributed by atoms with Gasteiger partial charge in [-0.25, -0.2) is 12.8 Å². The summed E-state index contributed by atoms with van der Waals surface area (Å²) in [4.78, 5) is 12.1. The topological polar surface area (TPSA) is 102 Å². The highest BCUT2D eigenvalue weighted by atomic mass is 32.2. The number of hydrogen-bond acceptors (Lipinski definition) is 6. The molecule has 0 amide bonds. The van der Waals surface area contributed by atoms with Gasteiger partial charge in [0.15, 0.2) is 0 Å². The zero-order valence-corrected chi connectivity index (χ0v) is 18.0. The number of sulfonamides is 1. The summed E-state index contributed by atoms with van der Waals surface area (Å²) >= 11 is 0. The van der Waals surface area contributed by atoms with Crippen molar-refractivity contribution in [2.45, 2.75) is 44.8 Å². The summed E-state index contributed by atoms with van der Waals surface area (Å²) in [6.07, 6.45) is -0.0992. The van der Waals surface area contributed by atoms with Crippen molar-refractivity contribution in [1.82, 2.24) is 0 Å². The number of halogens is 1. The number of aryl methyl sites for hydroxylation is 1. The summed E-state index contributed by atoms with van der Waals surface area (Å²) < 4.78 is 48.5. The Morgan fingerprint density at radius 2 is 1.80 bits per heavy atom. The Labute approximate surface area is 174 Å². The van der Waals surface area contributed by atoms with Crippen molar-refractivity contribution in [2.75, 3.05) is 22.7 Å². The van der Waals surface area contributed by atoms with E-state index in [0.717, 1.165) is 12.1 Å². The molecule has 1 fully saturated rings. The standard InChI is InChI=1S/C20H24FN3O5S/c1-12-7-17(24(25)26)9-20(15(12)4)30(27,28)22-16-5-6-19(18(21)8-16)23-10-13(2)29-14(3)11-23/h5-9,13-14,22H,10-11H2,1-4H3. The molecule has 1 aliphatic rings. The number of benzene rings is 2. The minimum atomic E-state index is -4.15. The Balaban J connectivity index is 1.90. The zero-order chi connectivity index (χ0) is 22.2. The van der Waals surface area contributed by atoms with E-state index in [1.807, 2.05) is 18.7 Å². The third-order valence-electron chi connectivity index (χ3n) is 5.06. The smallest absolute Gasteiger partial charge is 0.271 e. The minimum absolute atomic E-state index is 0.0363. The van der Waals surface area contributed by atoms with Gasteiger partial charge in [0.05, 0.1) is 33.4 Å². The fourth-order valence-corrected chi connectivity index (χ4v) is 4.99. The van der Waals surface area contributed by atoms with Gasteiger partial charge in [-0.2, -0.15) is 0 Å². The van der Waals surface area contributed by atoms with Gasteiger partial charge in [0, 0.05) is 31.3 Å². The number of nitrogens with zero attached hydrogens (tertiary/aromatic N) is 2. The normalized spacial score (nSPS) is 19.6. The number of non-ortho nitro benzene ring substituents is 1. The van der Waals surface area contributed by atoms with Crippen LogP contribution in [0.3, 0.4) is 0 Å². The van der Waals surface area contributed by atoms with Crippen molar-refractivity contribution < 1.29 is 22.5 Å². The van der Waals surface area contributed by atoms with Crippen LogP contribution in [0.25, 0.3) is 0 Å². The van der Waals surface area contributed by atoms with Crippen LogP contribution in [-0.2, 0) is 14.8 Å². The molecule has 2 unspecified atom stereocenters. The summed E-state index contributed by atoms with van der Waals surface area (Å²) in [7, 11) is -4.15. The molecule has 1 N–H and O–H groups in total. The average molecular weight is 437 g/mol. The first-order valence-electron chi connectivity index (χ1n) is 9.46. The molecule has 8 nitrogen and oxygen atoms in total. The maximum Gasteiger partial charge on any atom is 0.271 e. The van der Waals surface area contributed by atoms with Crippen molar-refractivity contribution in [3.05, 3.63) is 57.4 Å². The van der Waals surface area contributed by atoms with Crippen LogP contribution in [0.4, 0.5) is 21.5 Å². The van der Waals surface area contributed by atoms with Crippen LogP contribution in [0.2, 0.25) is 0 Å². The highest BCUT2D eigenvalue weighted by molar-refractivity contribution is 7.92. The third kappa shape index (κ3) is 4.54. The van der Waals surface area contributed by atoms with Crippen molar-refractivity contribution >= 4 is 27.1 Å². The number of nitro groups is 1. The zero-order valence-electron chi connectivity index (χ0n) is 17.2. The summed E-state index contributed by atoms with van der Waals surface area (Å²) in [5, 5.41) is 11.1. The molecule has 2 atom stereocenters. The molecule has 1 saturated heterocycles.